The normalized spacial score (nSPS) is 11.3. The number of benzene rings is 2. The summed E-state index contributed by atoms with van der Waals surface area (Å²) >= 11 is 0. The molecule has 5 heteroatoms. The maximum Gasteiger partial charge on any atom is 0.279 e. The lowest BCUT2D eigenvalue weighted by Crippen LogP contribution is -2.20. The molecule has 0 aliphatic heterocycles. The highest BCUT2D eigenvalue weighted by Crippen LogP contribution is 2.16. The van der Waals surface area contributed by atoms with Crippen molar-refractivity contribution in [3.63, 3.8) is 0 Å². The minimum absolute atomic E-state index is 0.122. The van der Waals surface area contributed by atoms with Crippen molar-refractivity contribution < 1.29 is 0 Å². The van der Waals surface area contributed by atoms with Gasteiger partial charge in [-0.1, -0.05) is 18.2 Å². The number of nitrogens with zero attached hydrogens (tertiary/aromatic N) is 3. The Morgan fingerprint density at radius 2 is 2.00 bits per heavy atom. The van der Waals surface area contributed by atoms with Gasteiger partial charge in [-0.3, -0.25) is 4.79 Å². The highest BCUT2D eigenvalue weighted by molar-refractivity contribution is 5.81. The lowest BCUT2D eigenvalue weighted by atomic mass is 10.2. The molecule has 0 saturated carbocycles. The summed E-state index contributed by atoms with van der Waals surface area (Å²) < 4.78 is 1.41. The first-order chi connectivity index (χ1) is 10.2. The van der Waals surface area contributed by atoms with Crippen molar-refractivity contribution in [3.05, 3.63) is 64.8 Å². The molecule has 0 radical (unpaired) electrons. The predicted molar refractivity (Wildman–Crippen MR) is 81.7 cm³/mol. The number of H-pyrrole nitrogens is 1. The van der Waals surface area contributed by atoms with Crippen LogP contribution in [-0.2, 0) is 0 Å². The van der Waals surface area contributed by atoms with E-state index in [2.05, 4.69) is 15.1 Å². The maximum absolute atomic E-state index is 12.5. The van der Waals surface area contributed by atoms with Crippen molar-refractivity contribution in [1.29, 1.82) is 0 Å². The summed E-state index contributed by atoms with van der Waals surface area (Å²) in [7, 11) is 0. The highest BCUT2D eigenvalue weighted by atomic mass is 16.1. The standard InChI is InChI=1S/C16H12N4O/c1-10-18-14-7-6-12(8-15(14)19-10)20-16(21)13-5-3-2-4-11(13)9-17-20/h2-9H,1H3,(H,18,19). The molecule has 0 saturated heterocycles. The Morgan fingerprint density at radius 3 is 2.90 bits per heavy atom. The lowest BCUT2D eigenvalue weighted by molar-refractivity contribution is 0.822. The maximum atomic E-state index is 12.5. The van der Waals surface area contributed by atoms with Crippen LogP contribution in [0.2, 0.25) is 0 Å². The molecule has 0 amide bonds. The molecule has 2 heterocycles. The SMILES string of the molecule is Cc1nc2ccc(-n3ncc4ccccc4c3=O)cc2[nH]1. The fraction of sp³-hybridized carbons (Fsp3) is 0.0625. The summed E-state index contributed by atoms with van der Waals surface area (Å²) in [5.74, 6) is 0.848. The molecule has 0 spiro atoms. The number of aryl methyl sites for hydroxylation is 1. The molecule has 21 heavy (non-hydrogen) atoms. The van der Waals surface area contributed by atoms with E-state index in [0.29, 0.717) is 5.39 Å². The Kier molecular flexibility index (Phi) is 2.41. The molecule has 0 aliphatic rings. The van der Waals surface area contributed by atoms with Crippen molar-refractivity contribution in [2.24, 2.45) is 0 Å². The van der Waals surface area contributed by atoms with Crippen LogP contribution < -0.4 is 5.56 Å². The van der Waals surface area contributed by atoms with Crippen molar-refractivity contribution in [2.75, 3.05) is 0 Å². The zero-order valence-electron chi connectivity index (χ0n) is 11.4. The zero-order valence-corrected chi connectivity index (χ0v) is 11.4. The highest BCUT2D eigenvalue weighted by Gasteiger charge is 2.07. The van der Waals surface area contributed by atoms with E-state index in [4.69, 9.17) is 0 Å². The average molecular weight is 276 g/mol. The van der Waals surface area contributed by atoms with Crippen molar-refractivity contribution in [1.82, 2.24) is 19.7 Å². The average Bonchev–Trinajstić information content (AvgIpc) is 2.87. The number of aromatic amines is 1. The first kappa shape index (κ1) is 11.8. The van der Waals surface area contributed by atoms with Crippen molar-refractivity contribution >= 4 is 21.8 Å². The molecule has 5 nitrogen and oxygen atoms in total. The Hall–Kier alpha value is -2.95. The molecule has 0 unspecified atom stereocenters. The molecule has 102 valence electrons. The number of hydrogen-bond acceptors (Lipinski definition) is 3. The Labute approximate surface area is 119 Å². The molecule has 4 rings (SSSR count). The van der Waals surface area contributed by atoms with Crippen LogP contribution in [-0.4, -0.2) is 19.7 Å². The topological polar surface area (TPSA) is 63.6 Å². The molecular formula is C16H12N4O. The van der Waals surface area contributed by atoms with E-state index in [9.17, 15) is 4.79 Å². The van der Waals surface area contributed by atoms with Crippen LogP contribution >= 0.6 is 0 Å². The van der Waals surface area contributed by atoms with Gasteiger partial charge in [-0.05, 0) is 31.2 Å². The predicted octanol–water partition coefficient (Wildman–Crippen LogP) is 2.57. The van der Waals surface area contributed by atoms with E-state index >= 15 is 0 Å². The van der Waals surface area contributed by atoms with E-state index < -0.39 is 0 Å². The van der Waals surface area contributed by atoms with Crippen LogP contribution in [0.3, 0.4) is 0 Å². The summed E-state index contributed by atoms with van der Waals surface area (Å²) in [4.78, 5) is 20.1. The summed E-state index contributed by atoms with van der Waals surface area (Å²) in [6.07, 6.45) is 1.71. The van der Waals surface area contributed by atoms with Gasteiger partial charge in [-0.15, -0.1) is 0 Å². The summed E-state index contributed by atoms with van der Waals surface area (Å²) in [6.45, 7) is 1.90. The summed E-state index contributed by atoms with van der Waals surface area (Å²) in [6, 6.07) is 13.1. The van der Waals surface area contributed by atoms with Crippen LogP contribution in [0.15, 0.2) is 53.5 Å². The van der Waals surface area contributed by atoms with Crippen LogP contribution in [0, 0.1) is 6.92 Å². The van der Waals surface area contributed by atoms with E-state index in [1.165, 1.54) is 4.68 Å². The van der Waals surface area contributed by atoms with Crippen molar-refractivity contribution in [3.8, 4) is 5.69 Å². The van der Waals surface area contributed by atoms with Gasteiger partial charge in [0.25, 0.3) is 5.56 Å². The third kappa shape index (κ3) is 1.82. The largest absolute Gasteiger partial charge is 0.342 e. The van der Waals surface area contributed by atoms with Gasteiger partial charge in [0.2, 0.25) is 0 Å². The number of aromatic nitrogens is 4. The van der Waals surface area contributed by atoms with Crippen molar-refractivity contribution in [2.45, 2.75) is 6.92 Å². The molecule has 0 bridgehead atoms. The van der Waals surface area contributed by atoms with Gasteiger partial charge in [0.15, 0.2) is 0 Å². The molecule has 0 atom stereocenters. The van der Waals surface area contributed by atoms with E-state index in [0.717, 1.165) is 27.9 Å². The first-order valence-electron chi connectivity index (χ1n) is 6.66. The molecule has 2 aromatic carbocycles. The van der Waals surface area contributed by atoms with Gasteiger partial charge in [-0.2, -0.15) is 9.78 Å². The van der Waals surface area contributed by atoms with E-state index in [1.54, 1.807) is 6.20 Å². The second-order valence-corrected chi connectivity index (χ2v) is 4.97. The van der Waals surface area contributed by atoms with Crippen LogP contribution in [0.1, 0.15) is 5.82 Å². The molecule has 0 fully saturated rings. The number of imidazole rings is 1. The summed E-state index contributed by atoms with van der Waals surface area (Å²) in [5, 5.41) is 5.77. The Bertz CT molecular complexity index is 1030. The third-order valence-electron chi connectivity index (χ3n) is 3.52. The number of nitrogens with one attached hydrogen (secondary N) is 1. The van der Waals surface area contributed by atoms with Crippen LogP contribution in [0.25, 0.3) is 27.5 Å². The molecule has 0 aliphatic carbocycles. The van der Waals surface area contributed by atoms with Crippen LogP contribution in [0.4, 0.5) is 0 Å². The fourth-order valence-corrected chi connectivity index (χ4v) is 2.53. The molecule has 4 aromatic rings. The monoisotopic (exact) mass is 276 g/mol. The second-order valence-electron chi connectivity index (χ2n) is 4.97. The number of fused-ring (bicyclic) bond motifs is 2. The van der Waals surface area contributed by atoms with Crippen LogP contribution in [0.5, 0.6) is 0 Å². The number of rotatable bonds is 1. The quantitative estimate of drug-likeness (QED) is 0.581. The van der Waals surface area contributed by atoms with Gasteiger partial charge in [-0.25, -0.2) is 4.98 Å². The summed E-state index contributed by atoms with van der Waals surface area (Å²) in [5.41, 5.74) is 2.38. The Morgan fingerprint density at radius 1 is 1.14 bits per heavy atom. The smallest absolute Gasteiger partial charge is 0.279 e. The van der Waals surface area contributed by atoms with Gasteiger partial charge in [0.1, 0.15) is 5.82 Å². The second kappa shape index (κ2) is 4.28. The minimum Gasteiger partial charge on any atom is -0.342 e. The van der Waals surface area contributed by atoms with Gasteiger partial charge >= 0.3 is 0 Å². The van der Waals surface area contributed by atoms with Gasteiger partial charge in [0.05, 0.1) is 28.3 Å². The molecular weight excluding hydrogens is 264 g/mol. The zero-order chi connectivity index (χ0) is 14.4. The minimum atomic E-state index is -0.122. The lowest BCUT2D eigenvalue weighted by Gasteiger charge is -2.05. The van der Waals surface area contributed by atoms with Gasteiger partial charge in [0, 0.05) is 5.39 Å². The number of hydrogen-bond donors (Lipinski definition) is 1. The molecule has 2 aromatic heterocycles. The van der Waals surface area contributed by atoms with E-state index in [-0.39, 0.29) is 5.56 Å². The molecule has 1 N–H and O–H groups in total. The first-order valence-corrected chi connectivity index (χ1v) is 6.66. The Balaban J connectivity index is 1.99. The third-order valence-corrected chi connectivity index (χ3v) is 3.52. The van der Waals surface area contributed by atoms with E-state index in [1.807, 2.05) is 49.4 Å². The van der Waals surface area contributed by atoms with Gasteiger partial charge < -0.3 is 4.98 Å². The fourth-order valence-electron chi connectivity index (χ4n) is 2.53.